The molecule has 2 unspecified atom stereocenters. The first-order chi connectivity index (χ1) is 7.65. The zero-order valence-corrected chi connectivity index (χ0v) is 10.2. The van der Waals surface area contributed by atoms with Crippen LogP contribution in [-0.2, 0) is 4.79 Å². The van der Waals surface area contributed by atoms with Gasteiger partial charge in [-0.1, -0.05) is 45.4 Å². The van der Waals surface area contributed by atoms with Gasteiger partial charge in [0.15, 0.2) is 0 Å². The second kappa shape index (κ2) is 6.89. The van der Waals surface area contributed by atoms with Gasteiger partial charge in [0.2, 0.25) is 0 Å². The number of aliphatic hydroxyl groups is 1. The molecule has 0 amide bonds. The molecule has 2 atom stereocenters. The summed E-state index contributed by atoms with van der Waals surface area (Å²) in [6.07, 6.45) is 8.52. The smallest absolute Gasteiger partial charge is 0.306 e. The van der Waals surface area contributed by atoms with Crippen LogP contribution in [0.4, 0.5) is 0 Å². The summed E-state index contributed by atoms with van der Waals surface area (Å²) in [6, 6.07) is 0. The normalized spacial score (nSPS) is 21.6. The van der Waals surface area contributed by atoms with E-state index in [-0.39, 0.29) is 12.5 Å². The molecule has 0 aromatic rings. The van der Waals surface area contributed by atoms with Crippen molar-refractivity contribution in [3.8, 4) is 0 Å². The highest BCUT2D eigenvalue weighted by Gasteiger charge is 2.24. The summed E-state index contributed by atoms with van der Waals surface area (Å²) in [5.41, 5.74) is 0. The van der Waals surface area contributed by atoms with Crippen LogP contribution in [0, 0.1) is 17.8 Å². The van der Waals surface area contributed by atoms with Gasteiger partial charge in [0.25, 0.3) is 0 Å². The van der Waals surface area contributed by atoms with Crippen LogP contribution < -0.4 is 0 Å². The Morgan fingerprint density at radius 1 is 1.31 bits per heavy atom. The minimum absolute atomic E-state index is 0.000185. The van der Waals surface area contributed by atoms with Crippen LogP contribution in [0.25, 0.3) is 0 Å². The predicted octanol–water partition coefficient (Wildman–Crippen LogP) is 2.68. The zero-order chi connectivity index (χ0) is 12.0. The van der Waals surface area contributed by atoms with Crippen LogP contribution in [0.3, 0.4) is 0 Å². The number of carbonyl (C=O) groups is 1. The molecule has 1 fully saturated rings. The molecule has 0 spiro atoms. The van der Waals surface area contributed by atoms with Gasteiger partial charge in [-0.25, -0.2) is 0 Å². The van der Waals surface area contributed by atoms with Gasteiger partial charge in [-0.3, -0.25) is 4.79 Å². The van der Waals surface area contributed by atoms with Crippen LogP contribution in [0.5, 0.6) is 0 Å². The number of carboxylic acid groups (broad SMARTS) is 1. The van der Waals surface area contributed by atoms with E-state index >= 15 is 0 Å². The maximum atomic E-state index is 10.8. The molecule has 1 saturated carbocycles. The lowest BCUT2D eigenvalue weighted by Gasteiger charge is -2.25. The molecule has 3 nitrogen and oxygen atoms in total. The van der Waals surface area contributed by atoms with E-state index < -0.39 is 11.9 Å². The Morgan fingerprint density at radius 3 is 2.44 bits per heavy atom. The molecule has 0 heterocycles. The summed E-state index contributed by atoms with van der Waals surface area (Å²) >= 11 is 0. The van der Waals surface area contributed by atoms with Crippen molar-refractivity contribution in [1.82, 2.24) is 0 Å². The lowest BCUT2D eigenvalue weighted by atomic mass is 9.82. The SMILES string of the molecule is CC(C(=O)O)C(CO)CCC1CCCCC1. The largest absolute Gasteiger partial charge is 0.481 e. The summed E-state index contributed by atoms with van der Waals surface area (Å²) in [5, 5.41) is 18.1. The van der Waals surface area contributed by atoms with Crippen LogP contribution in [0.2, 0.25) is 0 Å². The molecular formula is C13H24O3. The van der Waals surface area contributed by atoms with Crippen LogP contribution >= 0.6 is 0 Å². The molecule has 1 aliphatic rings. The predicted molar refractivity (Wildman–Crippen MR) is 63.2 cm³/mol. The first-order valence-corrected chi connectivity index (χ1v) is 6.48. The maximum Gasteiger partial charge on any atom is 0.306 e. The number of carboxylic acids is 1. The molecule has 0 radical (unpaired) electrons. The quantitative estimate of drug-likeness (QED) is 0.735. The Bertz CT molecular complexity index is 209. The second-order valence-electron chi connectivity index (χ2n) is 5.15. The van der Waals surface area contributed by atoms with Gasteiger partial charge in [0.05, 0.1) is 5.92 Å². The highest BCUT2D eigenvalue weighted by atomic mass is 16.4. The van der Waals surface area contributed by atoms with Gasteiger partial charge < -0.3 is 10.2 Å². The third-order valence-corrected chi connectivity index (χ3v) is 4.00. The van der Waals surface area contributed by atoms with E-state index in [4.69, 9.17) is 5.11 Å². The van der Waals surface area contributed by atoms with Crippen molar-refractivity contribution >= 4 is 5.97 Å². The Kier molecular flexibility index (Phi) is 5.81. The van der Waals surface area contributed by atoms with Gasteiger partial charge in [0, 0.05) is 6.61 Å². The highest BCUT2D eigenvalue weighted by Crippen LogP contribution is 2.30. The van der Waals surface area contributed by atoms with E-state index in [0.29, 0.717) is 0 Å². The first kappa shape index (κ1) is 13.5. The van der Waals surface area contributed by atoms with Gasteiger partial charge in [-0.15, -0.1) is 0 Å². The summed E-state index contributed by atoms with van der Waals surface area (Å²) in [4.78, 5) is 10.8. The Balaban J connectivity index is 2.29. The standard InChI is InChI=1S/C13H24O3/c1-10(13(15)16)12(9-14)8-7-11-5-3-2-4-6-11/h10-12,14H,2-9H2,1H3,(H,15,16). The van der Waals surface area contributed by atoms with Crippen molar-refractivity contribution in [2.45, 2.75) is 51.9 Å². The van der Waals surface area contributed by atoms with Gasteiger partial charge in [-0.2, -0.15) is 0 Å². The molecule has 16 heavy (non-hydrogen) atoms. The third kappa shape index (κ3) is 4.12. The van der Waals surface area contributed by atoms with Gasteiger partial charge in [0.1, 0.15) is 0 Å². The average molecular weight is 228 g/mol. The summed E-state index contributed by atoms with van der Waals surface area (Å²) in [7, 11) is 0. The van der Waals surface area contributed by atoms with Crippen molar-refractivity contribution in [1.29, 1.82) is 0 Å². The number of hydrogen-bond donors (Lipinski definition) is 2. The minimum Gasteiger partial charge on any atom is -0.481 e. The van der Waals surface area contributed by atoms with Crippen molar-refractivity contribution < 1.29 is 15.0 Å². The summed E-state index contributed by atoms with van der Waals surface area (Å²) in [5.74, 6) is -0.514. The van der Waals surface area contributed by atoms with E-state index in [9.17, 15) is 9.90 Å². The van der Waals surface area contributed by atoms with E-state index in [2.05, 4.69) is 0 Å². The molecule has 0 aromatic heterocycles. The van der Waals surface area contributed by atoms with Crippen molar-refractivity contribution in [2.75, 3.05) is 6.61 Å². The van der Waals surface area contributed by atoms with E-state index in [1.807, 2.05) is 0 Å². The zero-order valence-electron chi connectivity index (χ0n) is 10.2. The number of rotatable bonds is 6. The molecule has 1 aliphatic carbocycles. The lowest BCUT2D eigenvalue weighted by Crippen LogP contribution is -2.24. The Morgan fingerprint density at radius 2 is 1.94 bits per heavy atom. The molecule has 1 rings (SSSR count). The molecule has 0 saturated heterocycles. The summed E-state index contributed by atoms with van der Waals surface area (Å²) < 4.78 is 0. The molecule has 0 aromatic carbocycles. The van der Waals surface area contributed by atoms with Crippen LogP contribution in [0.15, 0.2) is 0 Å². The first-order valence-electron chi connectivity index (χ1n) is 6.48. The van der Waals surface area contributed by atoms with Crippen LogP contribution in [0.1, 0.15) is 51.9 Å². The number of hydrogen-bond acceptors (Lipinski definition) is 2. The van der Waals surface area contributed by atoms with Crippen LogP contribution in [-0.4, -0.2) is 22.8 Å². The molecule has 2 N–H and O–H groups in total. The fourth-order valence-corrected chi connectivity index (χ4v) is 2.63. The Labute approximate surface area is 97.9 Å². The van der Waals surface area contributed by atoms with E-state index in [1.54, 1.807) is 6.92 Å². The third-order valence-electron chi connectivity index (χ3n) is 4.00. The molecule has 94 valence electrons. The maximum absolute atomic E-state index is 10.8. The molecular weight excluding hydrogens is 204 g/mol. The average Bonchev–Trinajstić information content (AvgIpc) is 2.30. The number of aliphatic hydroxyl groups excluding tert-OH is 1. The second-order valence-corrected chi connectivity index (χ2v) is 5.15. The van der Waals surface area contributed by atoms with E-state index in [1.165, 1.54) is 32.1 Å². The van der Waals surface area contributed by atoms with Gasteiger partial charge in [-0.05, 0) is 18.3 Å². The van der Waals surface area contributed by atoms with Crippen molar-refractivity contribution in [2.24, 2.45) is 17.8 Å². The number of aliphatic carboxylic acids is 1. The van der Waals surface area contributed by atoms with Crippen molar-refractivity contribution in [3.05, 3.63) is 0 Å². The fourth-order valence-electron chi connectivity index (χ4n) is 2.63. The fraction of sp³-hybridized carbons (Fsp3) is 0.923. The molecule has 3 heteroatoms. The highest BCUT2D eigenvalue weighted by molar-refractivity contribution is 5.69. The summed E-state index contributed by atoms with van der Waals surface area (Å²) in [6.45, 7) is 1.70. The topological polar surface area (TPSA) is 57.5 Å². The van der Waals surface area contributed by atoms with E-state index in [0.717, 1.165) is 18.8 Å². The Hall–Kier alpha value is -0.570. The van der Waals surface area contributed by atoms with Crippen molar-refractivity contribution in [3.63, 3.8) is 0 Å². The lowest BCUT2D eigenvalue weighted by molar-refractivity contribution is -0.143. The molecule has 0 aliphatic heterocycles. The monoisotopic (exact) mass is 228 g/mol. The molecule has 0 bridgehead atoms. The van der Waals surface area contributed by atoms with Gasteiger partial charge >= 0.3 is 5.97 Å². The minimum atomic E-state index is -0.789.